The molecule has 3 amide bonds. The van der Waals surface area contributed by atoms with E-state index in [9.17, 15) is 22.8 Å². The molecule has 0 bridgehead atoms. The fourth-order valence-corrected chi connectivity index (χ4v) is 6.20. The van der Waals surface area contributed by atoms with Crippen molar-refractivity contribution in [1.82, 2.24) is 4.90 Å². The molecular formula is C27H24F3N3O4S. The molecule has 1 N–H and O–H groups in total. The van der Waals surface area contributed by atoms with Crippen molar-refractivity contribution in [3.05, 3.63) is 83.4 Å². The van der Waals surface area contributed by atoms with Crippen molar-refractivity contribution in [1.29, 1.82) is 0 Å². The molecule has 198 valence electrons. The Morgan fingerprint density at radius 2 is 1.74 bits per heavy atom. The number of urea groups is 1. The maximum Gasteiger partial charge on any atom is 0.416 e. The molecule has 1 fully saturated rings. The van der Waals surface area contributed by atoms with Gasteiger partial charge in [-0.3, -0.25) is 9.69 Å². The second-order valence-electron chi connectivity index (χ2n) is 8.78. The highest BCUT2D eigenvalue weighted by atomic mass is 32.2. The van der Waals surface area contributed by atoms with Crippen LogP contribution in [0.1, 0.15) is 16.7 Å². The molecule has 38 heavy (non-hydrogen) atoms. The zero-order valence-corrected chi connectivity index (χ0v) is 21.4. The predicted octanol–water partition coefficient (Wildman–Crippen LogP) is 5.70. The van der Waals surface area contributed by atoms with E-state index in [1.54, 1.807) is 42.5 Å². The molecule has 1 atom stereocenters. The summed E-state index contributed by atoms with van der Waals surface area (Å²) in [5.74, 6) is 1.27. The molecule has 3 aromatic carbocycles. The number of fused-ring (bicyclic) bond motifs is 2. The van der Waals surface area contributed by atoms with E-state index >= 15 is 0 Å². The number of anilines is 2. The minimum atomic E-state index is -4.45. The first-order valence-corrected chi connectivity index (χ1v) is 12.7. The number of thioether (sulfide) groups is 1. The van der Waals surface area contributed by atoms with Gasteiger partial charge >= 0.3 is 12.2 Å². The van der Waals surface area contributed by atoms with Gasteiger partial charge in [0.15, 0.2) is 4.87 Å². The highest BCUT2D eigenvalue weighted by molar-refractivity contribution is 8.01. The average Bonchev–Trinajstić information content (AvgIpc) is 3.45. The van der Waals surface area contributed by atoms with Gasteiger partial charge in [-0.25, -0.2) is 4.79 Å². The second kappa shape index (κ2) is 9.79. The number of nitrogens with one attached hydrogen (secondary N) is 1. The maximum atomic E-state index is 14.1. The van der Waals surface area contributed by atoms with Gasteiger partial charge in [0.1, 0.15) is 11.5 Å². The van der Waals surface area contributed by atoms with Crippen LogP contribution < -0.4 is 19.7 Å². The Bertz CT molecular complexity index is 1380. The van der Waals surface area contributed by atoms with Crippen LogP contribution in [0.4, 0.5) is 29.3 Å². The number of ether oxygens (including phenoxy) is 2. The first-order chi connectivity index (χ1) is 18.2. The van der Waals surface area contributed by atoms with E-state index < -0.39 is 22.6 Å². The van der Waals surface area contributed by atoms with Crippen molar-refractivity contribution >= 4 is 35.1 Å². The normalized spacial score (nSPS) is 18.6. The van der Waals surface area contributed by atoms with Gasteiger partial charge in [-0.15, -0.1) is 11.8 Å². The van der Waals surface area contributed by atoms with E-state index in [0.29, 0.717) is 46.3 Å². The monoisotopic (exact) mass is 543 g/mol. The summed E-state index contributed by atoms with van der Waals surface area (Å²) in [4.78, 5) is 29.3. The van der Waals surface area contributed by atoms with Crippen LogP contribution in [0.2, 0.25) is 0 Å². The molecule has 0 aliphatic carbocycles. The lowest BCUT2D eigenvalue weighted by Gasteiger charge is -2.33. The summed E-state index contributed by atoms with van der Waals surface area (Å²) >= 11 is 1.34. The minimum absolute atomic E-state index is 0.0456. The van der Waals surface area contributed by atoms with Crippen LogP contribution in [0.15, 0.2) is 66.7 Å². The first kappa shape index (κ1) is 25.8. The summed E-state index contributed by atoms with van der Waals surface area (Å²) < 4.78 is 49.8. The van der Waals surface area contributed by atoms with Crippen LogP contribution >= 0.6 is 11.8 Å². The Labute approximate surface area is 221 Å². The van der Waals surface area contributed by atoms with Gasteiger partial charge in [0, 0.05) is 29.6 Å². The summed E-state index contributed by atoms with van der Waals surface area (Å²) in [6.45, 7) is 0.362. The Morgan fingerprint density at radius 1 is 1.03 bits per heavy atom. The van der Waals surface area contributed by atoms with Crippen LogP contribution in [-0.2, 0) is 22.4 Å². The molecule has 1 spiro atoms. The van der Waals surface area contributed by atoms with Gasteiger partial charge in [-0.1, -0.05) is 18.2 Å². The summed E-state index contributed by atoms with van der Waals surface area (Å²) in [6, 6.07) is 16.4. The van der Waals surface area contributed by atoms with Crippen LogP contribution in [0.5, 0.6) is 11.5 Å². The molecule has 0 aromatic heterocycles. The van der Waals surface area contributed by atoms with Crippen LogP contribution in [0, 0.1) is 0 Å². The number of carbonyl (C=O) groups is 2. The summed E-state index contributed by atoms with van der Waals surface area (Å²) in [5.41, 5.74) is 1.45. The van der Waals surface area contributed by atoms with E-state index in [1.807, 2.05) is 0 Å². The van der Waals surface area contributed by atoms with E-state index in [1.165, 1.54) is 47.9 Å². The van der Waals surface area contributed by atoms with Crippen molar-refractivity contribution in [3.63, 3.8) is 0 Å². The summed E-state index contributed by atoms with van der Waals surface area (Å²) in [5, 5.41) is 2.86. The Hall–Kier alpha value is -3.86. The number of nitrogens with zero attached hydrogens (tertiary/aromatic N) is 2. The predicted molar refractivity (Wildman–Crippen MR) is 138 cm³/mol. The van der Waals surface area contributed by atoms with E-state index in [4.69, 9.17) is 9.47 Å². The SMILES string of the molecule is COc1cccc(NC(=O)N2CCS[C@@]23C(=O)N(Cc2ccc(C(F)(F)F)cc2)c2ccc(OC)cc23)c1. The smallest absolute Gasteiger partial charge is 0.416 e. The molecule has 11 heteroatoms. The molecule has 0 saturated carbocycles. The second-order valence-corrected chi connectivity index (χ2v) is 10.1. The minimum Gasteiger partial charge on any atom is -0.497 e. The number of carbonyl (C=O) groups excluding carboxylic acids is 2. The van der Waals surface area contributed by atoms with Gasteiger partial charge in [-0.05, 0) is 48.0 Å². The molecule has 3 aromatic rings. The first-order valence-electron chi connectivity index (χ1n) is 11.7. The lowest BCUT2D eigenvalue weighted by atomic mass is 10.1. The fourth-order valence-electron chi connectivity index (χ4n) is 4.75. The third-order valence-electron chi connectivity index (χ3n) is 6.59. The molecule has 2 aliphatic rings. The lowest BCUT2D eigenvalue weighted by molar-refractivity contribution is -0.137. The molecule has 2 heterocycles. The number of benzene rings is 3. The van der Waals surface area contributed by atoms with Crippen molar-refractivity contribution in [2.75, 3.05) is 36.7 Å². The van der Waals surface area contributed by atoms with Gasteiger partial charge in [0.2, 0.25) is 0 Å². The largest absolute Gasteiger partial charge is 0.497 e. The molecule has 1 saturated heterocycles. The Balaban J connectivity index is 1.50. The topological polar surface area (TPSA) is 71.1 Å². The Kier molecular flexibility index (Phi) is 6.64. The van der Waals surface area contributed by atoms with Crippen LogP contribution in [-0.4, -0.2) is 43.4 Å². The van der Waals surface area contributed by atoms with Gasteiger partial charge in [0.05, 0.1) is 32.0 Å². The van der Waals surface area contributed by atoms with Gasteiger partial charge in [-0.2, -0.15) is 13.2 Å². The number of hydrogen-bond donors (Lipinski definition) is 1. The molecule has 5 rings (SSSR count). The molecule has 0 unspecified atom stereocenters. The highest BCUT2D eigenvalue weighted by Gasteiger charge is 2.59. The van der Waals surface area contributed by atoms with E-state index in [-0.39, 0.29) is 12.5 Å². The number of hydrogen-bond acceptors (Lipinski definition) is 5. The fraction of sp³-hybridized carbons (Fsp3) is 0.259. The zero-order valence-electron chi connectivity index (χ0n) is 20.5. The highest BCUT2D eigenvalue weighted by Crippen LogP contribution is 2.55. The maximum absolute atomic E-state index is 14.1. The number of methoxy groups -OCH3 is 2. The number of halogens is 3. The number of amides is 3. The van der Waals surface area contributed by atoms with E-state index in [2.05, 4.69) is 5.32 Å². The Morgan fingerprint density at radius 3 is 2.42 bits per heavy atom. The number of alkyl halides is 3. The van der Waals surface area contributed by atoms with E-state index in [0.717, 1.165) is 12.1 Å². The molecule has 7 nitrogen and oxygen atoms in total. The summed E-state index contributed by atoms with van der Waals surface area (Å²) in [6.07, 6.45) is -4.45. The lowest BCUT2D eigenvalue weighted by Crippen LogP contribution is -2.51. The van der Waals surface area contributed by atoms with Gasteiger partial charge in [0.25, 0.3) is 5.91 Å². The van der Waals surface area contributed by atoms with Crippen molar-refractivity contribution in [2.45, 2.75) is 17.6 Å². The summed E-state index contributed by atoms with van der Waals surface area (Å²) in [7, 11) is 3.04. The molecule has 0 radical (unpaired) electrons. The third-order valence-corrected chi connectivity index (χ3v) is 8.01. The quantitative estimate of drug-likeness (QED) is 0.447. The van der Waals surface area contributed by atoms with Crippen LogP contribution in [0.25, 0.3) is 0 Å². The number of rotatable bonds is 5. The van der Waals surface area contributed by atoms with Crippen molar-refractivity contribution in [2.24, 2.45) is 0 Å². The third kappa shape index (κ3) is 4.40. The average molecular weight is 544 g/mol. The molecule has 2 aliphatic heterocycles. The van der Waals surface area contributed by atoms with Crippen molar-refractivity contribution in [3.8, 4) is 11.5 Å². The molecular weight excluding hydrogens is 519 g/mol. The zero-order chi connectivity index (χ0) is 27.1. The van der Waals surface area contributed by atoms with Gasteiger partial charge < -0.3 is 19.7 Å². The van der Waals surface area contributed by atoms with Crippen molar-refractivity contribution < 1.29 is 32.2 Å². The standard InChI is InChI=1S/C27H24F3N3O4S/c1-36-20-5-3-4-19(14-20)31-25(35)33-12-13-38-26(33)22-15-21(37-2)10-11-23(22)32(24(26)34)16-17-6-8-18(9-7-17)27(28,29)30/h3-11,14-15H,12-13,16H2,1-2H3,(H,31,35)/t26-/m0/s1. The van der Waals surface area contributed by atoms with Crippen LogP contribution in [0.3, 0.4) is 0 Å².